The number of halogens is 2. The molecule has 0 saturated heterocycles. The van der Waals surface area contributed by atoms with E-state index in [1.807, 2.05) is 13.8 Å². The fourth-order valence-electron chi connectivity index (χ4n) is 1.45. The van der Waals surface area contributed by atoms with E-state index in [0.717, 1.165) is 6.07 Å². The van der Waals surface area contributed by atoms with Gasteiger partial charge in [-0.25, -0.2) is 9.02 Å². The van der Waals surface area contributed by atoms with Crippen molar-refractivity contribution in [1.29, 1.82) is 0 Å². The van der Waals surface area contributed by atoms with Crippen LogP contribution in [-0.4, -0.2) is 29.8 Å². The predicted molar refractivity (Wildman–Crippen MR) is 84.1 cm³/mol. The summed E-state index contributed by atoms with van der Waals surface area (Å²) in [6.45, 7) is 3.65. The molecule has 24 heavy (non-hydrogen) atoms. The number of amidine groups is 1. The number of aromatic nitrogens is 2. The molecule has 1 aromatic carbocycles. The number of hydrogen-bond donors (Lipinski definition) is 2. The zero-order valence-corrected chi connectivity index (χ0v) is 14.1. The monoisotopic (exact) mass is 377 g/mol. The van der Waals surface area contributed by atoms with Crippen LogP contribution in [0, 0.1) is 5.82 Å². The Hall–Kier alpha value is -2.53. The second-order valence-corrected chi connectivity index (χ2v) is 4.87. The van der Waals surface area contributed by atoms with Gasteiger partial charge >= 0.3 is 10.5 Å². The maximum atomic E-state index is 13.1. The van der Waals surface area contributed by atoms with Gasteiger partial charge in [0, 0.05) is 5.69 Å². The zero-order chi connectivity index (χ0) is 18.1. The Morgan fingerprint density at radius 1 is 1.42 bits per heavy atom. The molecule has 0 amide bonds. The molecule has 1 aromatic heterocycles. The Morgan fingerprint density at radius 3 is 2.71 bits per heavy atom. The highest BCUT2D eigenvalue weighted by atomic mass is 35.5. The molecule has 0 aliphatic rings. The number of rotatable bonds is 4. The molecule has 12 heteroatoms. The van der Waals surface area contributed by atoms with Crippen LogP contribution in [0.4, 0.5) is 10.1 Å². The van der Waals surface area contributed by atoms with Crippen molar-refractivity contribution in [2.45, 2.75) is 20.4 Å². The van der Waals surface area contributed by atoms with Crippen LogP contribution < -0.4 is 5.32 Å². The Kier molecular flexibility index (Phi) is 7.79. The van der Waals surface area contributed by atoms with Crippen LogP contribution in [0.5, 0.6) is 0 Å². The van der Waals surface area contributed by atoms with Crippen LogP contribution in [0.15, 0.2) is 32.3 Å². The first-order chi connectivity index (χ1) is 11.5. The average molecular weight is 378 g/mol. The largest absolute Gasteiger partial charge is 0.409 e. The lowest BCUT2D eigenvalue weighted by atomic mass is 10.2. The first-order valence-corrected chi connectivity index (χ1v) is 7.95. The number of nitrogens with zero attached hydrogens (tertiary/aromatic N) is 4. The van der Waals surface area contributed by atoms with E-state index in [1.54, 1.807) is 0 Å². The van der Waals surface area contributed by atoms with E-state index in [4.69, 9.17) is 16.8 Å². The lowest BCUT2D eigenvalue weighted by Gasteiger charge is -2.06. The third kappa shape index (κ3) is 5.28. The SMILES string of the molecule is CC.O=S(=O)=NCc1nonc1C(=NO)Nc1ccc(F)c(Cl)c1. The summed E-state index contributed by atoms with van der Waals surface area (Å²) in [4.78, 5) is 0. The second kappa shape index (κ2) is 9.57. The van der Waals surface area contributed by atoms with Gasteiger partial charge in [-0.15, -0.1) is 0 Å². The van der Waals surface area contributed by atoms with Gasteiger partial charge < -0.3 is 10.5 Å². The molecular formula is C12H13ClFN5O4S. The lowest BCUT2D eigenvalue weighted by Crippen LogP contribution is -2.16. The van der Waals surface area contributed by atoms with Crippen LogP contribution in [-0.2, 0) is 17.0 Å². The van der Waals surface area contributed by atoms with Crippen molar-refractivity contribution in [3.05, 3.63) is 40.4 Å². The van der Waals surface area contributed by atoms with Crippen LogP contribution in [0.2, 0.25) is 5.02 Å². The van der Waals surface area contributed by atoms with E-state index in [2.05, 4.69) is 29.8 Å². The molecular weight excluding hydrogens is 365 g/mol. The molecule has 0 saturated carbocycles. The smallest absolute Gasteiger partial charge is 0.311 e. The highest BCUT2D eigenvalue weighted by Crippen LogP contribution is 2.20. The van der Waals surface area contributed by atoms with Crippen LogP contribution >= 0.6 is 11.6 Å². The van der Waals surface area contributed by atoms with Crippen molar-refractivity contribution >= 4 is 33.6 Å². The first-order valence-electron chi connectivity index (χ1n) is 6.54. The summed E-state index contributed by atoms with van der Waals surface area (Å²) in [5.74, 6) is -0.818. The molecule has 2 rings (SSSR count). The highest BCUT2D eigenvalue weighted by Gasteiger charge is 2.17. The van der Waals surface area contributed by atoms with Crippen molar-refractivity contribution in [3.8, 4) is 0 Å². The van der Waals surface area contributed by atoms with E-state index >= 15 is 0 Å². The minimum atomic E-state index is -2.63. The molecule has 2 N–H and O–H groups in total. The summed E-state index contributed by atoms with van der Waals surface area (Å²) >= 11 is 5.63. The van der Waals surface area contributed by atoms with Crippen molar-refractivity contribution in [1.82, 2.24) is 10.3 Å². The van der Waals surface area contributed by atoms with Crippen LogP contribution in [0.3, 0.4) is 0 Å². The van der Waals surface area contributed by atoms with Crippen LogP contribution in [0.1, 0.15) is 25.2 Å². The number of benzene rings is 1. The van der Waals surface area contributed by atoms with Gasteiger partial charge in [0.25, 0.3) is 0 Å². The third-order valence-electron chi connectivity index (χ3n) is 2.38. The number of anilines is 1. The number of hydrogen-bond acceptors (Lipinski definition) is 8. The normalized spacial score (nSPS) is 10.6. The topological polar surface area (TPSA) is 130 Å². The van der Waals surface area contributed by atoms with E-state index in [1.165, 1.54) is 12.1 Å². The van der Waals surface area contributed by atoms with E-state index in [9.17, 15) is 12.8 Å². The first kappa shape index (κ1) is 19.5. The Balaban J connectivity index is 0.00000139. The van der Waals surface area contributed by atoms with E-state index in [-0.39, 0.29) is 28.8 Å². The zero-order valence-electron chi connectivity index (χ0n) is 12.6. The Morgan fingerprint density at radius 2 is 2.12 bits per heavy atom. The van der Waals surface area contributed by atoms with E-state index < -0.39 is 16.3 Å². The van der Waals surface area contributed by atoms with Gasteiger partial charge in [0.15, 0.2) is 5.69 Å². The summed E-state index contributed by atoms with van der Waals surface area (Å²) < 4.78 is 41.6. The minimum absolute atomic E-state index is 0.0257. The second-order valence-electron chi connectivity index (χ2n) is 3.77. The molecule has 0 aliphatic heterocycles. The number of oxime groups is 1. The van der Waals surface area contributed by atoms with Gasteiger partial charge in [-0.3, -0.25) is 0 Å². The quantitative estimate of drug-likeness (QED) is 0.362. The summed E-state index contributed by atoms with van der Waals surface area (Å²) in [6.07, 6.45) is 0. The van der Waals surface area contributed by atoms with Crippen molar-refractivity contribution in [2.75, 3.05) is 5.32 Å². The van der Waals surface area contributed by atoms with Gasteiger partial charge in [0.1, 0.15) is 18.1 Å². The molecule has 0 atom stereocenters. The summed E-state index contributed by atoms with van der Waals surface area (Å²) in [5.41, 5.74) is 0.271. The van der Waals surface area contributed by atoms with Gasteiger partial charge in [-0.1, -0.05) is 35.8 Å². The minimum Gasteiger partial charge on any atom is -0.409 e. The standard InChI is InChI=1S/C10H7ClFN5O4S.C2H6/c11-6-3-5(1-2-7(6)12)14-10(15-18)9-8(16-21-17-9)4-13-22(19)20;1-2/h1-3,18H,4H2,(H,14,15);1-2H3. The maximum absolute atomic E-state index is 13.1. The van der Waals surface area contributed by atoms with Crippen LogP contribution in [0.25, 0.3) is 0 Å². The fourth-order valence-corrected chi connectivity index (χ4v) is 1.85. The predicted octanol–water partition coefficient (Wildman–Crippen LogP) is 2.70. The average Bonchev–Trinajstić information content (AvgIpc) is 3.04. The highest BCUT2D eigenvalue weighted by molar-refractivity contribution is 7.61. The van der Waals surface area contributed by atoms with Gasteiger partial charge in [-0.05, 0) is 23.4 Å². The Labute approximate surface area is 142 Å². The third-order valence-corrected chi connectivity index (χ3v) is 3.01. The molecule has 0 aliphatic carbocycles. The van der Waals surface area contributed by atoms with Gasteiger partial charge in [0.05, 0.1) is 5.02 Å². The molecule has 2 aromatic rings. The molecule has 130 valence electrons. The lowest BCUT2D eigenvalue weighted by molar-refractivity contribution is 0.301. The summed E-state index contributed by atoms with van der Waals surface area (Å²) in [7, 11) is -2.63. The molecule has 0 radical (unpaired) electrons. The molecule has 9 nitrogen and oxygen atoms in total. The van der Waals surface area contributed by atoms with Crippen molar-refractivity contribution in [2.24, 2.45) is 9.52 Å². The van der Waals surface area contributed by atoms with E-state index in [0.29, 0.717) is 5.69 Å². The number of nitrogens with one attached hydrogen (secondary N) is 1. The summed E-state index contributed by atoms with van der Waals surface area (Å²) in [5, 5.41) is 21.4. The summed E-state index contributed by atoms with van der Waals surface area (Å²) in [6, 6.07) is 3.71. The molecule has 1 heterocycles. The van der Waals surface area contributed by atoms with Crippen molar-refractivity contribution in [3.63, 3.8) is 0 Å². The fraction of sp³-hybridized carbons (Fsp3) is 0.250. The Bertz CT molecular complexity index is 845. The molecule has 0 unspecified atom stereocenters. The molecule has 0 fully saturated rings. The molecule has 0 bridgehead atoms. The van der Waals surface area contributed by atoms with Gasteiger partial charge in [-0.2, -0.15) is 12.8 Å². The van der Waals surface area contributed by atoms with Gasteiger partial charge in [0.2, 0.25) is 5.84 Å². The molecule has 0 spiro atoms. The maximum Gasteiger partial charge on any atom is 0.311 e. The van der Waals surface area contributed by atoms with Crippen molar-refractivity contribution < 1.29 is 22.6 Å².